The molecule has 2 heterocycles. The third-order valence-electron chi connectivity index (χ3n) is 3.93. The molecule has 3 rings (SSSR count). The number of carbonyl (C=O) groups excluding carboxylic acids is 1. The third kappa shape index (κ3) is 3.50. The molecular weight excluding hydrogens is 384 g/mol. The normalized spacial score (nSPS) is 19.0. The molecule has 0 aliphatic carbocycles. The second-order valence-corrected chi connectivity index (χ2v) is 6.73. The molecule has 23 heavy (non-hydrogen) atoms. The van der Waals surface area contributed by atoms with Gasteiger partial charge in [0.15, 0.2) is 0 Å². The Balaban J connectivity index is 1.90. The van der Waals surface area contributed by atoms with Crippen LogP contribution in [0.5, 0.6) is 0 Å². The molecule has 1 aliphatic heterocycles. The van der Waals surface area contributed by atoms with Gasteiger partial charge in [-0.15, -0.1) is 0 Å². The minimum absolute atomic E-state index is 0.0726. The van der Waals surface area contributed by atoms with Gasteiger partial charge in [-0.2, -0.15) is 0 Å². The van der Waals surface area contributed by atoms with Crippen molar-refractivity contribution < 1.29 is 14.3 Å². The van der Waals surface area contributed by atoms with Gasteiger partial charge in [0.05, 0.1) is 22.8 Å². The summed E-state index contributed by atoms with van der Waals surface area (Å²) < 4.78 is 11.6. The summed E-state index contributed by atoms with van der Waals surface area (Å²) >= 11 is 9.63. The fourth-order valence-corrected chi connectivity index (χ4v) is 3.65. The molecule has 2 aromatic rings. The van der Waals surface area contributed by atoms with Crippen LogP contribution in [-0.2, 0) is 14.3 Å². The third-order valence-corrected chi connectivity index (χ3v) is 4.67. The summed E-state index contributed by atoms with van der Waals surface area (Å²) in [6.45, 7) is 1.21. The highest BCUT2D eigenvalue weighted by molar-refractivity contribution is 9.10. The average molecular weight is 400 g/mol. The number of anilines is 1. The van der Waals surface area contributed by atoms with E-state index in [4.69, 9.17) is 21.1 Å². The SMILES string of the molecule is COC(C(=O)Nc1ccnc2c(Cl)cc(Br)cc12)C1CCOC1. The number of pyridine rings is 1. The summed E-state index contributed by atoms with van der Waals surface area (Å²) in [5.74, 6) is -0.116. The van der Waals surface area contributed by atoms with Crippen molar-refractivity contribution >= 4 is 50.0 Å². The van der Waals surface area contributed by atoms with Gasteiger partial charge < -0.3 is 14.8 Å². The number of carbonyl (C=O) groups is 1. The molecule has 0 saturated carbocycles. The molecular formula is C16H16BrClN2O3. The van der Waals surface area contributed by atoms with E-state index >= 15 is 0 Å². The second kappa shape index (κ2) is 7.13. The van der Waals surface area contributed by atoms with Crippen LogP contribution in [0.2, 0.25) is 5.02 Å². The lowest BCUT2D eigenvalue weighted by molar-refractivity contribution is -0.128. The zero-order valence-corrected chi connectivity index (χ0v) is 14.9. The number of hydrogen-bond acceptors (Lipinski definition) is 4. The first-order valence-electron chi connectivity index (χ1n) is 7.25. The Kier molecular flexibility index (Phi) is 5.16. The van der Waals surface area contributed by atoms with E-state index < -0.39 is 6.10 Å². The first-order valence-corrected chi connectivity index (χ1v) is 8.42. The Labute approximate surface area is 147 Å². The molecule has 0 bridgehead atoms. The number of hydrogen-bond donors (Lipinski definition) is 1. The number of nitrogens with one attached hydrogen (secondary N) is 1. The highest BCUT2D eigenvalue weighted by Gasteiger charge is 2.31. The molecule has 1 aromatic carbocycles. The van der Waals surface area contributed by atoms with Gasteiger partial charge in [-0.25, -0.2) is 0 Å². The largest absolute Gasteiger partial charge is 0.381 e. The van der Waals surface area contributed by atoms with Crippen LogP contribution in [-0.4, -0.2) is 37.3 Å². The lowest BCUT2D eigenvalue weighted by Crippen LogP contribution is -2.36. The van der Waals surface area contributed by atoms with Crippen molar-refractivity contribution in [2.24, 2.45) is 5.92 Å². The van der Waals surface area contributed by atoms with E-state index in [9.17, 15) is 4.79 Å². The summed E-state index contributed by atoms with van der Waals surface area (Å²) in [6.07, 6.45) is 1.90. The predicted molar refractivity (Wildman–Crippen MR) is 92.8 cm³/mol. The van der Waals surface area contributed by atoms with Gasteiger partial charge in [-0.1, -0.05) is 27.5 Å². The standard InChI is InChI=1S/C16H16BrClN2O3/c1-22-15(9-3-5-23-8-9)16(21)20-13-2-4-19-14-11(13)6-10(17)7-12(14)18/h2,4,6-7,9,15H,3,5,8H2,1H3,(H,19,20,21). The van der Waals surface area contributed by atoms with Crippen molar-refractivity contribution in [1.29, 1.82) is 0 Å². The molecule has 1 fully saturated rings. The molecule has 1 aromatic heterocycles. The van der Waals surface area contributed by atoms with Gasteiger partial charge >= 0.3 is 0 Å². The van der Waals surface area contributed by atoms with E-state index in [1.165, 1.54) is 0 Å². The number of aromatic nitrogens is 1. The Bertz CT molecular complexity index is 735. The minimum Gasteiger partial charge on any atom is -0.381 e. The van der Waals surface area contributed by atoms with Crippen LogP contribution in [0.3, 0.4) is 0 Å². The van der Waals surface area contributed by atoms with E-state index in [0.717, 1.165) is 16.3 Å². The van der Waals surface area contributed by atoms with Crippen LogP contribution in [0, 0.1) is 5.92 Å². The number of benzene rings is 1. The predicted octanol–water partition coefficient (Wildman–Crippen LogP) is 3.64. The quantitative estimate of drug-likeness (QED) is 0.853. The molecule has 1 amide bonds. The Morgan fingerprint density at radius 3 is 3.09 bits per heavy atom. The second-order valence-electron chi connectivity index (χ2n) is 5.41. The highest BCUT2D eigenvalue weighted by atomic mass is 79.9. The number of fused-ring (bicyclic) bond motifs is 1. The number of nitrogens with zero attached hydrogens (tertiary/aromatic N) is 1. The minimum atomic E-state index is -0.539. The summed E-state index contributed by atoms with van der Waals surface area (Å²) in [7, 11) is 1.54. The maximum atomic E-state index is 12.6. The first kappa shape index (κ1) is 16.6. The monoisotopic (exact) mass is 398 g/mol. The topological polar surface area (TPSA) is 60.5 Å². The van der Waals surface area contributed by atoms with Crippen LogP contribution >= 0.6 is 27.5 Å². The average Bonchev–Trinajstić information content (AvgIpc) is 3.03. The Morgan fingerprint density at radius 1 is 1.57 bits per heavy atom. The smallest absolute Gasteiger partial charge is 0.253 e. The van der Waals surface area contributed by atoms with E-state index in [2.05, 4.69) is 26.2 Å². The van der Waals surface area contributed by atoms with Crippen molar-refractivity contribution in [2.45, 2.75) is 12.5 Å². The molecule has 7 heteroatoms. The maximum Gasteiger partial charge on any atom is 0.253 e. The molecule has 122 valence electrons. The van der Waals surface area contributed by atoms with Crippen molar-refractivity contribution in [3.8, 4) is 0 Å². The molecule has 2 unspecified atom stereocenters. The van der Waals surface area contributed by atoms with Gasteiger partial charge in [0.25, 0.3) is 5.91 Å². The van der Waals surface area contributed by atoms with Crippen LogP contribution in [0.25, 0.3) is 10.9 Å². The maximum absolute atomic E-state index is 12.6. The van der Waals surface area contributed by atoms with E-state index in [-0.39, 0.29) is 11.8 Å². The number of methoxy groups -OCH3 is 1. The molecule has 5 nitrogen and oxygen atoms in total. The van der Waals surface area contributed by atoms with Crippen molar-refractivity contribution in [3.63, 3.8) is 0 Å². The molecule has 0 radical (unpaired) electrons. The number of halogens is 2. The molecule has 0 spiro atoms. The van der Waals surface area contributed by atoms with Crippen molar-refractivity contribution in [3.05, 3.63) is 33.9 Å². The van der Waals surface area contributed by atoms with E-state index in [1.807, 2.05) is 6.07 Å². The summed E-state index contributed by atoms with van der Waals surface area (Å²) in [6, 6.07) is 5.40. The van der Waals surface area contributed by atoms with Crippen LogP contribution in [0.1, 0.15) is 6.42 Å². The zero-order valence-electron chi connectivity index (χ0n) is 12.5. The van der Waals surface area contributed by atoms with Gasteiger partial charge in [-0.05, 0) is 24.6 Å². The first-order chi connectivity index (χ1) is 11.1. The molecule has 1 aliphatic rings. The fraction of sp³-hybridized carbons (Fsp3) is 0.375. The lowest BCUT2D eigenvalue weighted by atomic mass is 10.0. The number of amides is 1. The Morgan fingerprint density at radius 2 is 2.39 bits per heavy atom. The van der Waals surface area contributed by atoms with E-state index in [1.54, 1.807) is 25.4 Å². The number of ether oxygens (including phenoxy) is 2. The van der Waals surface area contributed by atoms with Gasteiger partial charge in [-0.3, -0.25) is 9.78 Å². The Hall–Kier alpha value is -1.21. The molecule has 1 saturated heterocycles. The summed E-state index contributed by atoms with van der Waals surface area (Å²) in [4.78, 5) is 16.9. The van der Waals surface area contributed by atoms with Crippen molar-refractivity contribution in [2.75, 3.05) is 25.6 Å². The highest BCUT2D eigenvalue weighted by Crippen LogP contribution is 2.31. The summed E-state index contributed by atoms with van der Waals surface area (Å²) in [5, 5.41) is 4.23. The van der Waals surface area contributed by atoms with Gasteiger partial charge in [0, 0.05) is 35.7 Å². The summed E-state index contributed by atoms with van der Waals surface area (Å²) in [5.41, 5.74) is 1.30. The fourth-order valence-electron chi connectivity index (χ4n) is 2.80. The van der Waals surface area contributed by atoms with Crippen LogP contribution in [0.4, 0.5) is 5.69 Å². The lowest BCUT2D eigenvalue weighted by Gasteiger charge is -2.20. The van der Waals surface area contributed by atoms with Crippen LogP contribution in [0.15, 0.2) is 28.9 Å². The van der Waals surface area contributed by atoms with Gasteiger partial charge in [0.2, 0.25) is 0 Å². The van der Waals surface area contributed by atoms with Gasteiger partial charge in [0.1, 0.15) is 6.10 Å². The molecule has 1 N–H and O–H groups in total. The van der Waals surface area contributed by atoms with Crippen molar-refractivity contribution in [1.82, 2.24) is 4.98 Å². The van der Waals surface area contributed by atoms with Crippen LogP contribution < -0.4 is 5.32 Å². The zero-order chi connectivity index (χ0) is 16.4. The molecule has 2 atom stereocenters. The van der Waals surface area contributed by atoms with E-state index in [0.29, 0.717) is 29.4 Å². The number of rotatable bonds is 4.